The Morgan fingerprint density at radius 3 is 2.63 bits per heavy atom. The molecule has 1 aliphatic rings. The Morgan fingerprint density at radius 1 is 0.921 bits per heavy atom. The van der Waals surface area contributed by atoms with Crippen molar-refractivity contribution in [2.75, 3.05) is 33.0 Å². The van der Waals surface area contributed by atoms with Gasteiger partial charge in [0, 0.05) is 37.2 Å². The van der Waals surface area contributed by atoms with Crippen molar-refractivity contribution in [1.82, 2.24) is 10.1 Å². The van der Waals surface area contributed by atoms with Crippen molar-refractivity contribution in [2.45, 2.75) is 40.3 Å². The summed E-state index contributed by atoms with van der Waals surface area (Å²) in [7, 11) is 0. The zero-order chi connectivity index (χ0) is 26.3. The van der Waals surface area contributed by atoms with Crippen molar-refractivity contribution < 1.29 is 18.7 Å². The number of para-hydroxylation sites is 1. The Labute approximate surface area is 225 Å². The second-order valence-electron chi connectivity index (χ2n) is 9.73. The lowest BCUT2D eigenvalue weighted by Crippen LogP contribution is -2.28. The molecule has 0 radical (unpaired) electrons. The van der Waals surface area contributed by atoms with Crippen LogP contribution in [-0.4, -0.2) is 43.0 Å². The van der Waals surface area contributed by atoms with Gasteiger partial charge in [-0.1, -0.05) is 53.7 Å². The minimum atomic E-state index is 0.505. The second kappa shape index (κ2) is 12.3. The van der Waals surface area contributed by atoms with Crippen molar-refractivity contribution in [3.8, 4) is 22.6 Å². The van der Waals surface area contributed by atoms with Crippen LogP contribution in [-0.2, 0) is 24.2 Å². The molecule has 0 N–H and O–H groups in total. The van der Waals surface area contributed by atoms with Crippen LogP contribution in [0.4, 0.5) is 0 Å². The Kier molecular flexibility index (Phi) is 8.41. The summed E-state index contributed by atoms with van der Waals surface area (Å²) in [6, 6.07) is 23.5. The van der Waals surface area contributed by atoms with Crippen LogP contribution in [0.25, 0.3) is 11.1 Å². The molecule has 1 aromatic heterocycles. The van der Waals surface area contributed by atoms with Gasteiger partial charge in [0.1, 0.15) is 23.9 Å². The molecule has 0 saturated carbocycles. The quantitative estimate of drug-likeness (QED) is 0.310. The van der Waals surface area contributed by atoms with Gasteiger partial charge in [-0.15, -0.1) is 0 Å². The molecule has 0 spiro atoms. The number of hydrogen-bond acceptors (Lipinski definition) is 6. The van der Waals surface area contributed by atoms with Crippen LogP contribution in [0.5, 0.6) is 11.5 Å². The van der Waals surface area contributed by atoms with Gasteiger partial charge in [-0.25, -0.2) is 0 Å². The van der Waals surface area contributed by atoms with Crippen molar-refractivity contribution >= 4 is 0 Å². The number of benzene rings is 3. The van der Waals surface area contributed by atoms with E-state index in [1.54, 1.807) is 0 Å². The monoisotopic (exact) mass is 512 g/mol. The molecule has 0 atom stereocenters. The summed E-state index contributed by atoms with van der Waals surface area (Å²) in [5.41, 5.74) is 7.90. The Hall–Kier alpha value is -3.61. The molecule has 0 saturated heterocycles. The average molecular weight is 513 g/mol. The van der Waals surface area contributed by atoms with E-state index in [0.717, 1.165) is 65.7 Å². The lowest BCUT2D eigenvalue weighted by molar-refractivity contribution is 0.0755. The third-order valence-electron chi connectivity index (χ3n) is 6.88. The minimum Gasteiger partial charge on any atom is -0.494 e. The summed E-state index contributed by atoms with van der Waals surface area (Å²) in [6.45, 7) is 10.7. The fourth-order valence-corrected chi connectivity index (χ4v) is 5.12. The van der Waals surface area contributed by atoms with E-state index >= 15 is 0 Å². The van der Waals surface area contributed by atoms with Crippen LogP contribution in [0.3, 0.4) is 0 Å². The lowest BCUT2D eigenvalue weighted by Gasteiger charge is -2.24. The highest BCUT2D eigenvalue weighted by Gasteiger charge is 2.16. The van der Waals surface area contributed by atoms with Gasteiger partial charge in [0.05, 0.1) is 25.5 Å². The summed E-state index contributed by atoms with van der Waals surface area (Å²) in [5, 5.41) is 4.15. The number of aryl methyl sites for hydroxylation is 2. The van der Waals surface area contributed by atoms with E-state index in [9.17, 15) is 0 Å². The number of rotatable bonds is 5. The molecule has 3 aromatic carbocycles. The summed E-state index contributed by atoms with van der Waals surface area (Å²) in [6.07, 6.45) is 0.772. The first kappa shape index (κ1) is 26.0. The summed E-state index contributed by atoms with van der Waals surface area (Å²) in [5.74, 6) is 2.66. The fourth-order valence-electron chi connectivity index (χ4n) is 5.12. The SMILES string of the molecule is CCOc1ccccc1CN1CCOCCOc2ccc(-c3c(C)noc3C)cc2Cc2cccc(c2)C1. The smallest absolute Gasteiger partial charge is 0.141 e. The number of ether oxygens (including phenoxy) is 3. The van der Waals surface area contributed by atoms with Crippen molar-refractivity contribution in [3.05, 3.63) is 100 Å². The molecule has 0 aliphatic carbocycles. The standard InChI is InChI=1S/C32H36N2O4/c1-4-36-30-11-6-5-10-28(30)22-34-14-15-35-16-17-37-31-13-12-27(32-23(2)33-38-24(32)3)20-29(31)19-25-8-7-9-26(18-25)21-34/h5-13,18,20H,4,14-17,19,21-22H2,1-3H3. The molecule has 0 unspecified atom stereocenters. The molecule has 5 rings (SSSR count). The molecule has 38 heavy (non-hydrogen) atoms. The second-order valence-corrected chi connectivity index (χ2v) is 9.73. The summed E-state index contributed by atoms with van der Waals surface area (Å²) in [4.78, 5) is 2.42. The van der Waals surface area contributed by atoms with E-state index in [4.69, 9.17) is 18.7 Å². The molecule has 4 aromatic rings. The molecule has 198 valence electrons. The van der Waals surface area contributed by atoms with Gasteiger partial charge in [-0.3, -0.25) is 4.90 Å². The molecule has 0 amide bonds. The van der Waals surface area contributed by atoms with Gasteiger partial charge >= 0.3 is 0 Å². The number of nitrogens with zero attached hydrogens (tertiary/aromatic N) is 2. The van der Waals surface area contributed by atoms with E-state index in [1.165, 1.54) is 16.7 Å². The molecule has 6 nitrogen and oxygen atoms in total. The molecule has 6 heteroatoms. The zero-order valence-corrected chi connectivity index (χ0v) is 22.5. The Bertz CT molecular complexity index is 1340. The van der Waals surface area contributed by atoms with E-state index in [2.05, 4.69) is 64.7 Å². The highest BCUT2D eigenvalue weighted by atomic mass is 16.5. The van der Waals surface area contributed by atoms with Crippen LogP contribution in [0, 0.1) is 13.8 Å². The largest absolute Gasteiger partial charge is 0.494 e. The predicted molar refractivity (Wildman–Crippen MR) is 149 cm³/mol. The van der Waals surface area contributed by atoms with Gasteiger partial charge in [-0.2, -0.15) is 0 Å². The molecular formula is C32H36N2O4. The van der Waals surface area contributed by atoms with Crippen LogP contribution in [0.1, 0.15) is 40.6 Å². The van der Waals surface area contributed by atoms with Crippen LogP contribution < -0.4 is 9.47 Å². The predicted octanol–water partition coefficient (Wildman–Crippen LogP) is 6.36. The zero-order valence-electron chi connectivity index (χ0n) is 22.5. The number of aromatic nitrogens is 1. The van der Waals surface area contributed by atoms with Gasteiger partial charge in [0.25, 0.3) is 0 Å². The fraction of sp³-hybridized carbons (Fsp3) is 0.344. The summed E-state index contributed by atoms with van der Waals surface area (Å²) < 4.78 is 23.5. The molecular weight excluding hydrogens is 476 g/mol. The number of fused-ring (bicyclic) bond motifs is 3. The van der Waals surface area contributed by atoms with Crippen LogP contribution in [0.15, 0.2) is 71.3 Å². The number of hydrogen-bond donors (Lipinski definition) is 0. The average Bonchev–Trinajstić information content (AvgIpc) is 3.25. The lowest BCUT2D eigenvalue weighted by atomic mass is 9.96. The maximum absolute atomic E-state index is 6.21. The first-order valence-corrected chi connectivity index (χ1v) is 13.4. The maximum atomic E-state index is 6.21. The topological polar surface area (TPSA) is 57.0 Å². The van der Waals surface area contributed by atoms with Crippen LogP contribution >= 0.6 is 0 Å². The molecule has 1 aliphatic heterocycles. The third kappa shape index (κ3) is 6.26. The van der Waals surface area contributed by atoms with E-state index in [0.29, 0.717) is 26.4 Å². The Balaban J connectivity index is 1.43. The third-order valence-corrected chi connectivity index (χ3v) is 6.88. The van der Waals surface area contributed by atoms with E-state index in [-0.39, 0.29) is 0 Å². The normalized spacial score (nSPS) is 14.8. The van der Waals surface area contributed by atoms with Crippen molar-refractivity contribution in [3.63, 3.8) is 0 Å². The van der Waals surface area contributed by atoms with Gasteiger partial charge in [-0.05, 0) is 61.2 Å². The highest BCUT2D eigenvalue weighted by molar-refractivity contribution is 5.69. The van der Waals surface area contributed by atoms with Crippen molar-refractivity contribution in [2.24, 2.45) is 0 Å². The highest BCUT2D eigenvalue weighted by Crippen LogP contribution is 2.32. The molecule has 0 fully saturated rings. The van der Waals surface area contributed by atoms with Gasteiger partial charge in [0.2, 0.25) is 0 Å². The van der Waals surface area contributed by atoms with E-state index < -0.39 is 0 Å². The van der Waals surface area contributed by atoms with Crippen molar-refractivity contribution in [1.29, 1.82) is 0 Å². The first-order chi connectivity index (χ1) is 18.6. The Morgan fingerprint density at radius 2 is 1.79 bits per heavy atom. The minimum absolute atomic E-state index is 0.505. The summed E-state index contributed by atoms with van der Waals surface area (Å²) >= 11 is 0. The molecule has 2 bridgehead atoms. The van der Waals surface area contributed by atoms with Gasteiger partial charge in [0.15, 0.2) is 0 Å². The maximum Gasteiger partial charge on any atom is 0.141 e. The van der Waals surface area contributed by atoms with Crippen LogP contribution in [0.2, 0.25) is 0 Å². The van der Waals surface area contributed by atoms with Gasteiger partial charge < -0.3 is 18.7 Å². The molecule has 2 heterocycles. The first-order valence-electron chi connectivity index (χ1n) is 13.4. The van der Waals surface area contributed by atoms with E-state index in [1.807, 2.05) is 32.9 Å².